The molecule has 1 heterocycles. The first kappa shape index (κ1) is 14.1. The van der Waals surface area contributed by atoms with Crippen molar-refractivity contribution in [2.45, 2.75) is 39.3 Å². The van der Waals surface area contributed by atoms with Crippen molar-refractivity contribution in [1.82, 2.24) is 15.6 Å². The molecule has 1 rings (SSSR count). The Morgan fingerprint density at radius 1 is 1.24 bits per heavy atom. The minimum Gasteiger partial charge on any atom is -0.312 e. The number of halogens is 1. The summed E-state index contributed by atoms with van der Waals surface area (Å²) in [5.41, 5.74) is 1.05. The molecule has 2 N–H and O–H groups in total. The molecule has 0 saturated heterocycles. The molecule has 0 unspecified atom stereocenters. The van der Waals surface area contributed by atoms with Gasteiger partial charge in [-0.05, 0) is 52.4 Å². The Hall–Kier alpha value is -1.00. The number of pyridine rings is 1. The molecule has 1 aromatic heterocycles. The van der Waals surface area contributed by atoms with E-state index in [-0.39, 0.29) is 11.4 Å². The maximum Gasteiger partial charge on any atom is 0.141 e. The molecule has 0 aliphatic carbocycles. The molecule has 17 heavy (non-hydrogen) atoms. The molecule has 0 fully saturated rings. The fourth-order valence-electron chi connectivity index (χ4n) is 1.40. The van der Waals surface area contributed by atoms with E-state index in [1.54, 1.807) is 6.07 Å². The van der Waals surface area contributed by atoms with Crippen molar-refractivity contribution in [1.29, 1.82) is 0 Å². The lowest BCUT2D eigenvalue weighted by Gasteiger charge is -2.20. The zero-order chi connectivity index (χ0) is 12.7. The zero-order valence-corrected chi connectivity index (χ0v) is 10.9. The van der Waals surface area contributed by atoms with E-state index < -0.39 is 0 Å². The van der Waals surface area contributed by atoms with Crippen LogP contribution in [0.25, 0.3) is 0 Å². The third-order valence-electron chi connectivity index (χ3n) is 2.28. The molecule has 3 nitrogen and oxygen atoms in total. The highest BCUT2D eigenvalue weighted by molar-refractivity contribution is 5.04. The molecule has 0 atom stereocenters. The van der Waals surface area contributed by atoms with Crippen molar-refractivity contribution in [3.8, 4) is 0 Å². The summed E-state index contributed by atoms with van der Waals surface area (Å²) in [5, 5.41) is 6.71. The largest absolute Gasteiger partial charge is 0.312 e. The van der Waals surface area contributed by atoms with Crippen LogP contribution < -0.4 is 10.6 Å². The second kappa shape index (κ2) is 6.67. The summed E-state index contributed by atoms with van der Waals surface area (Å²) in [6.07, 6.45) is 2.32. The van der Waals surface area contributed by atoms with Crippen LogP contribution in [-0.2, 0) is 6.54 Å². The molecular weight excluding hydrogens is 217 g/mol. The van der Waals surface area contributed by atoms with E-state index in [1.807, 2.05) is 0 Å². The van der Waals surface area contributed by atoms with Crippen LogP contribution in [0.1, 0.15) is 32.9 Å². The van der Waals surface area contributed by atoms with Gasteiger partial charge in [0.1, 0.15) is 5.82 Å². The van der Waals surface area contributed by atoms with Crippen molar-refractivity contribution < 1.29 is 4.39 Å². The van der Waals surface area contributed by atoms with Crippen LogP contribution >= 0.6 is 0 Å². The summed E-state index contributed by atoms with van der Waals surface area (Å²) in [5.74, 6) is -0.289. The molecule has 0 saturated carbocycles. The van der Waals surface area contributed by atoms with Gasteiger partial charge in [-0.15, -0.1) is 0 Å². The number of nitrogens with one attached hydrogen (secondary N) is 2. The van der Waals surface area contributed by atoms with Crippen LogP contribution in [0.5, 0.6) is 0 Å². The van der Waals surface area contributed by atoms with Gasteiger partial charge in [-0.1, -0.05) is 0 Å². The number of rotatable bonds is 6. The van der Waals surface area contributed by atoms with E-state index >= 15 is 0 Å². The van der Waals surface area contributed by atoms with E-state index in [1.165, 1.54) is 12.3 Å². The van der Waals surface area contributed by atoms with Crippen LogP contribution in [0.15, 0.2) is 18.3 Å². The maximum absolute atomic E-state index is 12.6. The molecule has 0 aliphatic rings. The summed E-state index contributed by atoms with van der Waals surface area (Å²) in [4.78, 5) is 3.98. The number of aromatic nitrogens is 1. The van der Waals surface area contributed by atoms with E-state index in [2.05, 4.69) is 36.4 Å². The van der Waals surface area contributed by atoms with Crippen molar-refractivity contribution in [2.75, 3.05) is 13.1 Å². The van der Waals surface area contributed by atoms with Gasteiger partial charge >= 0.3 is 0 Å². The fourth-order valence-corrected chi connectivity index (χ4v) is 1.40. The Bertz CT molecular complexity index is 316. The Morgan fingerprint density at radius 2 is 2.00 bits per heavy atom. The Kier molecular flexibility index (Phi) is 5.51. The van der Waals surface area contributed by atoms with Gasteiger partial charge in [0.15, 0.2) is 0 Å². The molecule has 0 amide bonds. The summed E-state index contributed by atoms with van der Waals surface area (Å²) in [6.45, 7) is 9.08. The van der Waals surface area contributed by atoms with Crippen molar-refractivity contribution in [3.63, 3.8) is 0 Å². The van der Waals surface area contributed by atoms with Gasteiger partial charge in [0.05, 0.1) is 11.9 Å². The van der Waals surface area contributed by atoms with Crippen LogP contribution in [0.4, 0.5) is 4.39 Å². The highest BCUT2D eigenvalue weighted by atomic mass is 19.1. The maximum atomic E-state index is 12.6. The standard InChI is InChI=1S/C13H22FN3/c1-13(2,3)17-8-4-7-15-10-12-6-5-11(14)9-16-12/h5-6,9,15,17H,4,7-8,10H2,1-3H3. The molecule has 0 aromatic carbocycles. The Morgan fingerprint density at radius 3 is 2.59 bits per heavy atom. The van der Waals surface area contributed by atoms with Gasteiger partial charge in [-0.2, -0.15) is 0 Å². The highest BCUT2D eigenvalue weighted by Gasteiger charge is 2.06. The van der Waals surface area contributed by atoms with E-state index in [9.17, 15) is 4.39 Å². The zero-order valence-electron chi connectivity index (χ0n) is 10.9. The Labute approximate surface area is 103 Å². The predicted molar refractivity (Wildman–Crippen MR) is 68.3 cm³/mol. The Balaban J connectivity index is 2.07. The van der Waals surface area contributed by atoms with Crippen LogP contribution in [0, 0.1) is 5.82 Å². The van der Waals surface area contributed by atoms with E-state index in [0.29, 0.717) is 6.54 Å². The highest BCUT2D eigenvalue weighted by Crippen LogP contribution is 1.98. The van der Waals surface area contributed by atoms with Crippen LogP contribution in [-0.4, -0.2) is 23.6 Å². The SMILES string of the molecule is CC(C)(C)NCCCNCc1ccc(F)cn1. The third-order valence-corrected chi connectivity index (χ3v) is 2.28. The van der Waals surface area contributed by atoms with Crippen molar-refractivity contribution in [2.24, 2.45) is 0 Å². The number of nitrogens with zero attached hydrogens (tertiary/aromatic N) is 1. The van der Waals surface area contributed by atoms with Gasteiger partial charge in [0, 0.05) is 12.1 Å². The van der Waals surface area contributed by atoms with E-state index in [0.717, 1.165) is 25.2 Å². The average Bonchev–Trinajstić information content (AvgIpc) is 2.24. The van der Waals surface area contributed by atoms with E-state index in [4.69, 9.17) is 0 Å². The molecular formula is C13H22FN3. The second-order valence-corrected chi connectivity index (χ2v) is 5.17. The van der Waals surface area contributed by atoms with Crippen LogP contribution in [0.3, 0.4) is 0 Å². The minimum atomic E-state index is -0.289. The molecule has 1 aromatic rings. The lowest BCUT2D eigenvalue weighted by molar-refractivity contribution is 0.418. The molecule has 0 radical (unpaired) electrons. The lowest BCUT2D eigenvalue weighted by Crippen LogP contribution is -2.37. The van der Waals surface area contributed by atoms with Gasteiger partial charge < -0.3 is 10.6 Å². The fraction of sp³-hybridized carbons (Fsp3) is 0.615. The summed E-state index contributed by atoms with van der Waals surface area (Å²) in [7, 11) is 0. The first-order valence-electron chi connectivity index (χ1n) is 6.03. The monoisotopic (exact) mass is 239 g/mol. The third kappa shape index (κ3) is 7.02. The van der Waals surface area contributed by atoms with Gasteiger partial charge in [0.2, 0.25) is 0 Å². The molecule has 4 heteroatoms. The van der Waals surface area contributed by atoms with Gasteiger partial charge in [0.25, 0.3) is 0 Å². The topological polar surface area (TPSA) is 37.0 Å². The molecule has 0 spiro atoms. The smallest absolute Gasteiger partial charge is 0.141 e. The first-order chi connectivity index (χ1) is 7.97. The quantitative estimate of drug-likeness (QED) is 0.746. The van der Waals surface area contributed by atoms with Crippen molar-refractivity contribution in [3.05, 3.63) is 29.8 Å². The number of hydrogen-bond acceptors (Lipinski definition) is 3. The normalized spacial score (nSPS) is 11.8. The minimum absolute atomic E-state index is 0.179. The average molecular weight is 239 g/mol. The number of hydrogen-bond donors (Lipinski definition) is 2. The van der Waals surface area contributed by atoms with Gasteiger partial charge in [-0.3, -0.25) is 4.98 Å². The lowest BCUT2D eigenvalue weighted by atomic mass is 10.1. The second-order valence-electron chi connectivity index (χ2n) is 5.17. The van der Waals surface area contributed by atoms with Crippen molar-refractivity contribution >= 4 is 0 Å². The molecule has 96 valence electrons. The van der Waals surface area contributed by atoms with Crippen LogP contribution in [0.2, 0.25) is 0 Å². The summed E-state index contributed by atoms with van der Waals surface area (Å²) < 4.78 is 12.6. The van der Waals surface area contributed by atoms with Gasteiger partial charge in [-0.25, -0.2) is 4.39 Å². The molecule has 0 aliphatic heterocycles. The summed E-state index contributed by atoms with van der Waals surface area (Å²) >= 11 is 0. The predicted octanol–water partition coefficient (Wildman–Crippen LogP) is 2.09. The molecule has 0 bridgehead atoms. The first-order valence-corrected chi connectivity index (χ1v) is 6.03. The summed E-state index contributed by atoms with van der Waals surface area (Å²) in [6, 6.07) is 3.14.